The molecule has 0 aliphatic carbocycles. The molecule has 7 heteroatoms. The zero-order chi connectivity index (χ0) is 16.2. The average Bonchev–Trinajstić information content (AvgIpc) is 3.13. The van der Waals surface area contributed by atoms with Crippen LogP contribution in [0.4, 0.5) is 0 Å². The van der Waals surface area contributed by atoms with Crippen LogP contribution in [0.1, 0.15) is 18.5 Å². The summed E-state index contributed by atoms with van der Waals surface area (Å²) in [6.45, 7) is 0.374. The molecule has 2 aromatic rings. The van der Waals surface area contributed by atoms with Crippen LogP contribution >= 0.6 is 11.3 Å². The number of hydrogen-bond acceptors (Lipinski definition) is 5. The van der Waals surface area contributed by atoms with Crippen molar-refractivity contribution in [2.75, 3.05) is 7.05 Å². The highest BCUT2D eigenvalue weighted by molar-refractivity contribution is 7.13. The lowest BCUT2D eigenvalue weighted by Gasteiger charge is -2.02. The third-order valence-corrected chi connectivity index (χ3v) is 4.35. The molecule has 1 aromatic carbocycles. The summed E-state index contributed by atoms with van der Waals surface area (Å²) in [4.78, 5) is 27.8. The topological polar surface area (TPSA) is 74.7 Å². The highest BCUT2D eigenvalue weighted by atomic mass is 32.1. The maximum atomic E-state index is 11.9. The van der Waals surface area contributed by atoms with E-state index in [-0.39, 0.29) is 24.7 Å². The Hall–Kier alpha value is -2.54. The van der Waals surface area contributed by atoms with Crippen LogP contribution in [0.5, 0.6) is 0 Å². The van der Waals surface area contributed by atoms with Crippen LogP contribution < -0.4 is 5.32 Å². The molecule has 0 unspecified atom stereocenters. The number of hydrazone groups is 1. The van der Waals surface area contributed by atoms with E-state index in [1.807, 2.05) is 35.7 Å². The Labute approximate surface area is 137 Å². The molecule has 0 radical (unpaired) electrons. The van der Waals surface area contributed by atoms with Crippen LogP contribution in [-0.4, -0.2) is 34.6 Å². The number of nitrogens with one attached hydrogen (secondary N) is 1. The second-order valence-electron chi connectivity index (χ2n) is 5.22. The number of benzene rings is 1. The molecule has 0 spiro atoms. The minimum Gasteiger partial charge on any atom is -0.350 e. The Morgan fingerprint density at radius 2 is 2.13 bits per heavy atom. The first-order chi connectivity index (χ1) is 11.1. The number of nitrogens with zero attached hydrogens (tertiary/aromatic N) is 3. The highest BCUT2D eigenvalue weighted by Gasteiger charge is 2.22. The van der Waals surface area contributed by atoms with Crippen molar-refractivity contribution in [1.82, 2.24) is 15.3 Å². The fourth-order valence-electron chi connectivity index (χ4n) is 2.23. The van der Waals surface area contributed by atoms with Gasteiger partial charge in [-0.25, -0.2) is 9.99 Å². The standard InChI is InChI=1S/C16H16N4O2S/c1-20-15(22)8-12(19-20)7-14(21)17-9-13-10-23-16(18-13)11-5-3-2-4-6-11/h2-6,10H,7-9H2,1H3,(H,17,21). The Bertz CT molecular complexity index is 754. The van der Waals surface area contributed by atoms with Gasteiger partial charge in [0.25, 0.3) is 0 Å². The van der Waals surface area contributed by atoms with E-state index in [4.69, 9.17) is 0 Å². The number of hydrogen-bond donors (Lipinski definition) is 1. The molecular formula is C16H16N4O2S. The molecule has 23 heavy (non-hydrogen) atoms. The van der Waals surface area contributed by atoms with Crippen LogP contribution in [0.25, 0.3) is 10.6 Å². The van der Waals surface area contributed by atoms with Crippen LogP contribution in [0.3, 0.4) is 0 Å². The van der Waals surface area contributed by atoms with Crippen molar-refractivity contribution in [2.24, 2.45) is 5.10 Å². The van der Waals surface area contributed by atoms with Gasteiger partial charge in [0, 0.05) is 18.0 Å². The maximum Gasteiger partial charge on any atom is 0.248 e. The minimum absolute atomic E-state index is 0.0835. The van der Waals surface area contributed by atoms with E-state index in [1.165, 1.54) is 5.01 Å². The highest BCUT2D eigenvalue weighted by Crippen LogP contribution is 2.23. The molecule has 1 aliphatic heterocycles. The van der Waals surface area contributed by atoms with E-state index in [2.05, 4.69) is 15.4 Å². The van der Waals surface area contributed by atoms with Gasteiger partial charge in [-0.3, -0.25) is 9.59 Å². The third-order valence-electron chi connectivity index (χ3n) is 3.41. The van der Waals surface area contributed by atoms with E-state index in [0.717, 1.165) is 16.3 Å². The molecule has 0 saturated carbocycles. The van der Waals surface area contributed by atoms with Crippen molar-refractivity contribution in [3.8, 4) is 10.6 Å². The first-order valence-corrected chi connectivity index (χ1v) is 8.09. The quantitative estimate of drug-likeness (QED) is 0.912. The maximum absolute atomic E-state index is 11.9. The molecule has 0 saturated heterocycles. The van der Waals surface area contributed by atoms with Crippen molar-refractivity contribution in [2.45, 2.75) is 19.4 Å². The van der Waals surface area contributed by atoms with Crippen molar-refractivity contribution >= 4 is 28.9 Å². The molecule has 1 aliphatic rings. The van der Waals surface area contributed by atoms with Gasteiger partial charge < -0.3 is 5.32 Å². The number of rotatable bonds is 5. The zero-order valence-electron chi connectivity index (χ0n) is 12.7. The summed E-state index contributed by atoms with van der Waals surface area (Å²) in [5.74, 6) is -0.235. The molecule has 6 nitrogen and oxygen atoms in total. The molecule has 2 heterocycles. The molecule has 118 valence electrons. The van der Waals surface area contributed by atoms with E-state index >= 15 is 0 Å². The van der Waals surface area contributed by atoms with Crippen LogP contribution in [0.15, 0.2) is 40.8 Å². The Morgan fingerprint density at radius 3 is 2.83 bits per heavy atom. The van der Waals surface area contributed by atoms with Gasteiger partial charge in [-0.1, -0.05) is 30.3 Å². The second-order valence-corrected chi connectivity index (χ2v) is 6.08. The normalized spacial score (nSPS) is 14.0. The lowest BCUT2D eigenvalue weighted by atomic mass is 10.2. The van der Waals surface area contributed by atoms with Crippen LogP contribution in [-0.2, 0) is 16.1 Å². The summed E-state index contributed by atoms with van der Waals surface area (Å²) in [5, 5.41) is 11.0. The number of carbonyl (C=O) groups is 2. The van der Waals surface area contributed by atoms with Crippen molar-refractivity contribution in [3.05, 3.63) is 41.4 Å². The molecule has 0 atom stereocenters. The number of thiazole rings is 1. The molecule has 3 rings (SSSR count). The Kier molecular flexibility index (Phi) is 4.47. The van der Waals surface area contributed by atoms with E-state index in [1.54, 1.807) is 18.4 Å². The lowest BCUT2D eigenvalue weighted by molar-refractivity contribution is -0.127. The molecular weight excluding hydrogens is 312 g/mol. The summed E-state index contributed by atoms with van der Waals surface area (Å²) >= 11 is 1.55. The van der Waals surface area contributed by atoms with Gasteiger partial charge in [-0.15, -0.1) is 11.3 Å². The summed E-state index contributed by atoms with van der Waals surface area (Å²) in [6, 6.07) is 9.92. The van der Waals surface area contributed by atoms with Crippen molar-refractivity contribution < 1.29 is 9.59 Å². The van der Waals surface area contributed by atoms with Gasteiger partial charge in [0.15, 0.2) is 0 Å². The molecule has 0 bridgehead atoms. The Balaban J connectivity index is 1.53. The fraction of sp³-hybridized carbons (Fsp3) is 0.250. The lowest BCUT2D eigenvalue weighted by Crippen LogP contribution is -2.25. The van der Waals surface area contributed by atoms with E-state index < -0.39 is 0 Å². The van der Waals surface area contributed by atoms with E-state index in [0.29, 0.717) is 12.3 Å². The largest absolute Gasteiger partial charge is 0.350 e. The van der Waals surface area contributed by atoms with Gasteiger partial charge in [-0.05, 0) is 0 Å². The monoisotopic (exact) mass is 328 g/mol. The predicted molar refractivity (Wildman–Crippen MR) is 88.8 cm³/mol. The van der Waals surface area contributed by atoms with Gasteiger partial charge >= 0.3 is 0 Å². The van der Waals surface area contributed by atoms with Gasteiger partial charge in [-0.2, -0.15) is 5.10 Å². The average molecular weight is 328 g/mol. The minimum atomic E-state index is -0.152. The number of aromatic nitrogens is 1. The zero-order valence-corrected chi connectivity index (χ0v) is 13.5. The first kappa shape index (κ1) is 15.4. The third kappa shape index (κ3) is 3.81. The molecule has 0 fully saturated rings. The second kappa shape index (κ2) is 6.70. The Morgan fingerprint density at radius 1 is 1.35 bits per heavy atom. The van der Waals surface area contributed by atoms with E-state index in [9.17, 15) is 9.59 Å². The van der Waals surface area contributed by atoms with Crippen LogP contribution in [0.2, 0.25) is 0 Å². The van der Waals surface area contributed by atoms with Gasteiger partial charge in [0.2, 0.25) is 11.8 Å². The van der Waals surface area contributed by atoms with Crippen LogP contribution in [0, 0.1) is 0 Å². The predicted octanol–water partition coefficient (Wildman–Crippen LogP) is 2.03. The molecule has 1 aromatic heterocycles. The number of carbonyl (C=O) groups excluding carboxylic acids is 2. The van der Waals surface area contributed by atoms with Gasteiger partial charge in [0.1, 0.15) is 5.01 Å². The smallest absolute Gasteiger partial charge is 0.248 e. The fourth-order valence-corrected chi connectivity index (χ4v) is 3.05. The summed E-state index contributed by atoms with van der Waals surface area (Å²) < 4.78 is 0. The summed E-state index contributed by atoms with van der Waals surface area (Å²) in [6.07, 6.45) is 0.366. The summed E-state index contributed by atoms with van der Waals surface area (Å²) in [5.41, 5.74) is 2.49. The summed E-state index contributed by atoms with van der Waals surface area (Å²) in [7, 11) is 1.59. The molecule has 2 amide bonds. The SMILES string of the molecule is CN1N=C(CC(=O)NCc2csc(-c3ccccc3)n2)CC1=O. The number of amides is 2. The van der Waals surface area contributed by atoms with Gasteiger partial charge in [0.05, 0.1) is 30.8 Å². The molecule has 1 N–H and O–H groups in total. The first-order valence-electron chi connectivity index (χ1n) is 7.21. The van der Waals surface area contributed by atoms with Crippen molar-refractivity contribution in [3.63, 3.8) is 0 Å². The van der Waals surface area contributed by atoms with Crippen molar-refractivity contribution in [1.29, 1.82) is 0 Å².